The van der Waals surface area contributed by atoms with Crippen molar-refractivity contribution in [2.45, 2.75) is 38.1 Å². The Morgan fingerprint density at radius 3 is 2.24 bits per heavy atom. The highest BCUT2D eigenvalue weighted by Crippen LogP contribution is 2.44. The number of rotatable bonds is 10. The highest BCUT2D eigenvalue weighted by molar-refractivity contribution is 5.81. The Hall–Kier alpha value is -2.08. The summed E-state index contributed by atoms with van der Waals surface area (Å²) >= 11 is 0. The third-order valence-corrected chi connectivity index (χ3v) is 4.79. The van der Waals surface area contributed by atoms with Crippen molar-refractivity contribution in [2.75, 3.05) is 25.0 Å². The van der Waals surface area contributed by atoms with E-state index in [1.165, 1.54) is 25.7 Å². The molecule has 0 aliphatic heterocycles. The van der Waals surface area contributed by atoms with Crippen LogP contribution in [0.4, 0.5) is 5.69 Å². The number of hydrogen-bond acceptors (Lipinski definition) is 4. The zero-order valence-corrected chi connectivity index (χ0v) is 14.5. The molecular weight excluding hydrogens is 318 g/mol. The number of amides is 2. The van der Waals surface area contributed by atoms with Crippen LogP contribution in [0.15, 0.2) is 24.3 Å². The maximum Gasteiger partial charge on any atom is 0.239 e. The summed E-state index contributed by atoms with van der Waals surface area (Å²) in [5, 5.41) is 17.6. The minimum absolute atomic E-state index is 0.0521. The lowest BCUT2D eigenvalue weighted by molar-refractivity contribution is -0.121. The van der Waals surface area contributed by atoms with Crippen molar-refractivity contribution < 1.29 is 14.7 Å². The number of carbonyl (C=O) groups is 2. The molecule has 2 fully saturated rings. The molecule has 2 amide bonds. The highest BCUT2D eigenvalue weighted by Gasteiger charge is 2.42. The summed E-state index contributed by atoms with van der Waals surface area (Å²) in [7, 11) is 0. The fourth-order valence-corrected chi connectivity index (χ4v) is 3.13. The van der Waals surface area contributed by atoms with Crippen LogP contribution in [-0.2, 0) is 16.0 Å². The van der Waals surface area contributed by atoms with Crippen molar-refractivity contribution in [3.8, 4) is 0 Å². The average molecular weight is 345 g/mol. The van der Waals surface area contributed by atoms with Crippen LogP contribution < -0.4 is 16.0 Å². The van der Waals surface area contributed by atoms with Gasteiger partial charge in [-0.15, -0.1) is 0 Å². The second-order valence-electron chi connectivity index (χ2n) is 7.07. The number of hydrogen-bond donors (Lipinski definition) is 4. The van der Waals surface area contributed by atoms with E-state index in [2.05, 4.69) is 16.0 Å². The largest absolute Gasteiger partial charge is 0.395 e. The van der Waals surface area contributed by atoms with Gasteiger partial charge < -0.3 is 21.1 Å². The van der Waals surface area contributed by atoms with Gasteiger partial charge in [-0.1, -0.05) is 12.1 Å². The molecule has 1 aromatic carbocycles. The number of nitrogens with one attached hydrogen (secondary N) is 3. The summed E-state index contributed by atoms with van der Waals surface area (Å²) < 4.78 is 0. The molecule has 0 spiro atoms. The summed E-state index contributed by atoms with van der Waals surface area (Å²) in [6.45, 7) is 0.488. The van der Waals surface area contributed by atoms with E-state index in [-0.39, 0.29) is 37.9 Å². The minimum atomic E-state index is -0.111. The van der Waals surface area contributed by atoms with Gasteiger partial charge in [-0.3, -0.25) is 9.59 Å². The molecule has 0 heterocycles. The monoisotopic (exact) mass is 345 g/mol. The van der Waals surface area contributed by atoms with Crippen LogP contribution in [0, 0.1) is 11.8 Å². The van der Waals surface area contributed by atoms with Crippen molar-refractivity contribution >= 4 is 17.5 Å². The second-order valence-corrected chi connectivity index (χ2v) is 7.07. The molecule has 4 N–H and O–H groups in total. The van der Waals surface area contributed by atoms with E-state index in [9.17, 15) is 9.59 Å². The van der Waals surface area contributed by atoms with Crippen LogP contribution in [0.3, 0.4) is 0 Å². The lowest BCUT2D eigenvalue weighted by atomic mass is 10.1. The molecule has 0 radical (unpaired) electrons. The normalized spacial score (nSPS) is 16.6. The first-order chi connectivity index (χ1) is 12.2. The van der Waals surface area contributed by atoms with Crippen LogP contribution in [-0.4, -0.2) is 42.7 Å². The Balaban J connectivity index is 1.40. The fourth-order valence-electron chi connectivity index (χ4n) is 3.13. The van der Waals surface area contributed by atoms with Gasteiger partial charge in [0.05, 0.1) is 19.6 Å². The molecular formula is C19H27N3O3. The Morgan fingerprint density at radius 2 is 1.68 bits per heavy atom. The lowest BCUT2D eigenvalue weighted by Gasteiger charge is -2.18. The standard InChI is InChI=1S/C19H27N3O3/c23-10-9-20-17(24)11-13-1-7-16(8-2-13)21-12-18(25)22-19(14-3-4-14)15-5-6-15/h1-2,7-8,14-15,19,21,23H,3-6,9-12H2,(H,20,24)(H,22,25). The van der Waals surface area contributed by atoms with Gasteiger partial charge in [0.1, 0.15) is 0 Å². The number of aliphatic hydroxyl groups excluding tert-OH is 1. The third kappa shape index (κ3) is 5.74. The Bertz CT molecular complexity index is 582. The average Bonchev–Trinajstić information content (AvgIpc) is 3.49. The van der Waals surface area contributed by atoms with Crippen molar-refractivity contribution in [2.24, 2.45) is 11.8 Å². The molecule has 25 heavy (non-hydrogen) atoms. The molecule has 0 unspecified atom stereocenters. The fraction of sp³-hybridized carbons (Fsp3) is 0.579. The molecule has 2 aliphatic rings. The van der Waals surface area contributed by atoms with E-state index >= 15 is 0 Å². The molecule has 0 saturated heterocycles. The smallest absolute Gasteiger partial charge is 0.239 e. The first kappa shape index (κ1) is 17.7. The maximum atomic E-state index is 12.2. The van der Waals surface area contributed by atoms with E-state index in [1.54, 1.807) is 0 Å². The van der Waals surface area contributed by atoms with Gasteiger partial charge >= 0.3 is 0 Å². The van der Waals surface area contributed by atoms with Crippen LogP contribution in [0.2, 0.25) is 0 Å². The summed E-state index contributed by atoms with van der Waals surface area (Å²) in [5.41, 5.74) is 1.76. The minimum Gasteiger partial charge on any atom is -0.395 e. The second kappa shape index (κ2) is 8.34. The summed E-state index contributed by atoms with van der Waals surface area (Å²) in [6.07, 6.45) is 5.29. The number of aliphatic hydroxyl groups is 1. The maximum absolute atomic E-state index is 12.2. The van der Waals surface area contributed by atoms with Gasteiger partial charge in [0.25, 0.3) is 0 Å². The Kier molecular flexibility index (Phi) is 5.91. The van der Waals surface area contributed by atoms with Crippen molar-refractivity contribution in [1.29, 1.82) is 0 Å². The van der Waals surface area contributed by atoms with Crippen molar-refractivity contribution in [3.05, 3.63) is 29.8 Å². The number of carbonyl (C=O) groups excluding carboxylic acids is 2. The first-order valence-electron chi connectivity index (χ1n) is 9.15. The van der Waals surface area contributed by atoms with E-state index in [0.717, 1.165) is 11.3 Å². The highest BCUT2D eigenvalue weighted by atomic mass is 16.3. The quantitative estimate of drug-likeness (QED) is 0.510. The lowest BCUT2D eigenvalue weighted by Crippen LogP contribution is -2.41. The zero-order valence-electron chi connectivity index (χ0n) is 14.5. The van der Waals surface area contributed by atoms with Gasteiger partial charge in [-0.25, -0.2) is 0 Å². The molecule has 0 aromatic heterocycles. The van der Waals surface area contributed by atoms with Gasteiger partial charge in [0.15, 0.2) is 0 Å². The van der Waals surface area contributed by atoms with Crippen LogP contribution >= 0.6 is 0 Å². The van der Waals surface area contributed by atoms with Gasteiger partial charge in [-0.2, -0.15) is 0 Å². The predicted molar refractivity (Wildman–Crippen MR) is 96.1 cm³/mol. The summed E-state index contributed by atoms with van der Waals surface area (Å²) in [5.74, 6) is 1.34. The molecule has 6 nitrogen and oxygen atoms in total. The summed E-state index contributed by atoms with van der Waals surface area (Å²) in [4.78, 5) is 23.8. The van der Waals surface area contributed by atoms with Crippen molar-refractivity contribution in [3.63, 3.8) is 0 Å². The number of benzene rings is 1. The van der Waals surface area contributed by atoms with Crippen molar-refractivity contribution in [1.82, 2.24) is 10.6 Å². The van der Waals surface area contributed by atoms with Gasteiger partial charge in [0, 0.05) is 18.3 Å². The Labute approximate surface area is 148 Å². The molecule has 2 saturated carbocycles. The molecule has 3 rings (SSSR count). The molecule has 1 aromatic rings. The molecule has 136 valence electrons. The SMILES string of the molecule is O=C(Cc1ccc(NCC(=O)NC(C2CC2)C2CC2)cc1)NCCO. The van der Waals surface area contributed by atoms with Gasteiger partial charge in [0.2, 0.25) is 11.8 Å². The molecule has 0 bridgehead atoms. The van der Waals surface area contributed by atoms with Crippen LogP contribution in [0.1, 0.15) is 31.2 Å². The first-order valence-corrected chi connectivity index (χ1v) is 9.15. The van der Waals surface area contributed by atoms with E-state index in [0.29, 0.717) is 17.9 Å². The topological polar surface area (TPSA) is 90.5 Å². The molecule has 6 heteroatoms. The van der Waals surface area contributed by atoms with Crippen LogP contribution in [0.5, 0.6) is 0 Å². The zero-order chi connectivity index (χ0) is 17.6. The Morgan fingerprint density at radius 1 is 1.04 bits per heavy atom. The molecule has 0 atom stereocenters. The van der Waals surface area contributed by atoms with Crippen LogP contribution in [0.25, 0.3) is 0 Å². The third-order valence-electron chi connectivity index (χ3n) is 4.79. The van der Waals surface area contributed by atoms with E-state index in [1.807, 2.05) is 24.3 Å². The summed E-state index contributed by atoms with van der Waals surface area (Å²) in [6, 6.07) is 7.88. The van der Waals surface area contributed by atoms with E-state index < -0.39 is 0 Å². The predicted octanol–water partition coefficient (Wildman–Crippen LogP) is 1.05. The van der Waals surface area contributed by atoms with E-state index in [4.69, 9.17) is 5.11 Å². The number of anilines is 1. The molecule has 2 aliphatic carbocycles. The van der Waals surface area contributed by atoms with Gasteiger partial charge in [-0.05, 0) is 55.2 Å².